The lowest BCUT2D eigenvalue weighted by Crippen LogP contribution is -2.05. The molecule has 1 fully saturated rings. The fourth-order valence-electron chi connectivity index (χ4n) is 3.16. The molecule has 0 aromatic carbocycles. The molecule has 2 aromatic heterocycles. The van der Waals surface area contributed by atoms with Gasteiger partial charge >= 0.3 is 0 Å². The van der Waals surface area contributed by atoms with Crippen LogP contribution in [0.1, 0.15) is 42.2 Å². The van der Waals surface area contributed by atoms with Crippen LogP contribution in [0.5, 0.6) is 0 Å². The third kappa shape index (κ3) is 0.862. The number of hydrogen-bond donors (Lipinski definition) is 0. The highest BCUT2D eigenvalue weighted by molar-refractivity contribution is 6.30. The smallest absolute Gasteiger partial charge is 0.181 e. The van der Waals surface area contributed by atoms with E-state index in [0.29, 0.717) is 17.0 Å². The second kappa shape index (κ2) is 2.50. The van der Waals surface area contributed by atoms with Crippen molar-refractivity contribution in [3.05, 3.63) is 22.6 Å². The summed E-state index contributed by atoms with van der Waals surface area (Å²) >= 11 is 6.21. The van der Waals surface area contributed by atoms with Crippen molar-refractivity contribution in [2.24, 2.45) is 0 Å². The molecule has 1 saturated carbocycles. The molecule has 0 amide bonds. The van der Waals surface area contributed by atoms with E-state index in [0.717, 1.165) is 5.65 Å². The fraction of sp³-hybridized carbons (Fsp3) is 0.500. The first-order valence-corrected chi connectivity index (χ1v) is 5.61. The molecule has 2 bridgehead atoms. The summed E-state index contributed by atoms with van der Waals surface area (Å²) < 4.78 is 1.70. The molecule has 2 aliphatic carbocycles. The number of halogens is 1. The fourth-order valence-corrected chi connectivity index (χ4v) is 3.49. The largest absolute Gasteiger partial charge is 0.199 e. The van der Waals surface area contributed by atoms with Gasteiger partial charge in [-0.3, -0.25) is 0 Å². The van der Waals surface area contributed by atoms with Crippen molar-refractivity contribution in [3.8, 4) is 0 Å². The Morgan fingerprint density at radius 1 is 1.27 bits per heavy atom. The first-order chi connectivity index (χ1) is 7.34. The molecule has 4 rings (SSSR count). The molecule has 2 unspecified atom stereocenters. The van der Waals surface area contributed by atoms with Crippen LogP contribution in [-0.2, 0) is 0 Å². The van der Waals surface area contributed by atoms with Gasteiger partial charge < -0.3 is 0 Å². The van der Waals surface area contributed by atoms with E-state index in [1.807, 2.05) is 0 Å². The van der Waals surface area contributed by atoms with Crippen molar-refractivity contribution in [2.75, 3.05) is 0 Å². The lowest BCUT2D eigenvalue weighted by Gasteiger charge is -2.15. The highest BCUT2D eigenvalue weighted by atomic mass is 35.5. The van der Waals surface area contributed by atoms with Gasteiger partial charge in [-0.1, -0.05) is 11.6 Å². The Balaban J connectivity index is 2.18. The molecule has 5 heteroatoms. The Bertz CT molecular complexity index is 562. The SMILES string of the molecule is Clc1nn2cnnc2c2c1C1CCC2C1. The van der Waals surface area contributed by atoms with Gasteiger partial charge in [0.25, 0.3) is 0 Å². The summed E-state index contributed by atoms with van der Waals surface area (Å²) in [5.41, 5.74) is 3.46. The predicted molar refractivity (Wildman–Crippen MR) is 55.1 cm³/mol. The minimum Gasteiger partial charge on any atom is -0.199 e. The Kier molecular flexibility index (Phi) is 1.34. The Hall–Kier alpha value is -1.16. The summed E-state index contributed by atoms with van der Waals surface area (Å²) in [5, 5.41) is 13.0. The maximum atomic E-state index is 6.21. The van der Waals surface area contributed by atoms with E-state index in [1.54, 1.807) is 10.8 Å². The summed E-state index contributed by atoms with van der Waals surface area (Å²) in [6.45, 7) is 0. The zero-order valence-corrected chi connectivity index (χ0v) is 8.78. The van der Waals surface area contributed by atoms with Crippen LogP contribution in [0.4, 0.5) is 0 Å². The van der Waals surface area contributed by atoms with Gasteiger partial charge in [-0.05, 0) is 31.1 Å². The first-order valence-electron chi connectivity index (χ1n) is 5.24. The van der Waals surface area contributed by atoms with Crippen molar-refractivity contribution < 1.29 is 0 Å². The lowest BCUT2D eigenvalue weighted by molar-refractivity contribution is 0.705. The minimum atomic E-state index is 0.617. The normalized spacial score (nSPS) is 27.5. The Labute approximate surface area is 91.3 Å². The highest BCUT2D eigenvalue weighted by Crippen LogP contribution is 2.55. The summed E-state index contributed by atoms with van der Waals surface area (Å²) in [6.07, 6.45) is 5.36. The van der Waals surface area contributed by atoms with Gasteiger partial charge in [0, 0.05) is 11.1 Å². The van der Waals surface area contributed by atoms with Crippen LogP contribution in [0.25, 0.3) is 5.65 Å². The first kappa shape index (κ1) is 8.05. The van der Waals surface area contributed by atoms with Crippen molar-refractivity contribution in [2.45, 2.75) is 31.1 Å². The number of rotatable bonds is 0. The van der Waals surface area contributed by atoms with Crippen LogP contribution in [-0.4, -0.2) is 19.8 Å². The lowest BCUT2D eigenvalue weighted by atomic mass is 9.94. The Morgan fingerprint density at radius 2 is 2.07 bits per heavy atom. The van der Waals surface area contributed by atoms with Gasteiger partial charge in [-0.2, -0.15) is 9.61 Å². The van der Waals surface area contributed by atoms with Gasteiger partial charge in [-0.25, -0.2) is 0 Å². The van der Waals surface area contributed by atoms with Crippen LogP contribution < -0.4 is 0 Å². The summed E-state index contributed by atoms with van der Waals surface area (Å²) in [5.74, 6) is 1.25. The van der Waals surface area contributed by atoms with Crippen molar-refractivity contribution in [1.29, 1.82) is 0 Å². The van der Waals surface area contributed by atoms with Gasteiger partial charge in [0.15, 0.2) is 10.8 Å². The van der Waals surface area contributed by atoms with Crippen LogP contribution in [0.15, 0.2) is 6.33 Å². The van der Waals surface area contributed by atoms with E-state index in [1.165, 1.54) is 30.4 Å². The summed E-state index contributed by atoms with van der Waals surface area (Å²) in [6, 6.07) is 0. The van der Waals surface area contributed by atoms with Crippen LogP contribution in [0, 0.1) is 0 Å². The average Bonchev–Trinajstić information content (AvgIpc) is 2.90. The summed E-state index contributed by atoms with van der Waals surface area (Å²) in [7, 11) is 0. The summed E-state index contributed by atoms with van der Waals surface area (Å²) in [4.78, 5) is 0. The molecule has 15 heavy (non-hydrogen) atoms. The van der Waals surface area contributed by atoms with E-state index in [9.17, 15) is 0 Å². The second-order valence-electron chi connectivity index (χ2n) is 4.42. The predicted octanol–water partition coefficient (Wildman–Crippen LogP) is 2.14. The second-order valence-corrected chi connectivity index (χ2v) is 4.78. The average molecular weight is 221 g/mol. The molecule has 0 aliphatic heterocycles. The number of hydrogen-bond acceptors (Lipinski definition) is 3. The topological polar surface area (TPSA) is 43.1 Å². The molecule has 2 heterocycles. The quantitative estimate of drug-likeness (QED) is 0.683. The Morgan fingerprint density at radius 3 is 2.93 bits per heavy atom. The van der Waals surface area contributed by atoms with Crippen LogP contribution in [0.2, 0.25) is 5.15 Å². The van der Waals surface area contributed by atoms with Crippen molar-refractivity contribution in [3.63, 3.8) is 0 Å². The molecule has 76 valence electrons. The van der Waals surface area contributed by atoms with Crippen LogP contribution >= 0.6 is 11.6 Å². The maximum absolute atomic E-state index is 6.21. The number of fused-ring (bicyclic) bond motifs is 7. The monoisotopic (exact) mass is 220 g/mol. The van der Waals surface area contributed by atoms with Gasteiger partial charge in [0.05, 0.1) is 0 Å². The van der Waals surface area contributed by atoms with E-state index in [2.05, 4.69) is 15.3 Å². The maximum Gasteiger partial charge on any atom is 0.181 e. The molecular weight excluding hydrogens is 212 g/mol. The highest BCUT2D eigenvalue weighted by Gasteiger charge is 2.41. The third-order valence-electron chi connectivity index (χ3n) is 3.73. The van der Waals surface area contributed by atoms with Crippen LogP contribution in [0.3, 0.4) is 0 Å². The molecule has 2 atom stereocenters. The number of nitrogens with zero attached hydrogens (tertiary/aromatic N) is 4. The zero-order chi connectivity index (χ0) is 9.99. The molecule has 4 nitrogen and oxygen atoms in total. The molecule has 2 aliphatic rings. The molecule has 0 saturated heterocycles. The van der Waals surface area contributed by atoms with Gasteiger partial charge in [0.1, 0.15) is 6.33 Å². The molecule has 0 radical (unpaired) electrons. The third-order valence-corrected chi connectivity index (χ3v) is 4.01. The minimum absolute atomic E-state index is 0.617. The van der Waals surface area contributed by atoms with E-state index >= 15 is 0 Å². The van der Waals surface area contributed by atoms with E-state index in [4.69, 9.17) is 11.6 Å². The standard InChI is InChI=1S/C10H9ClN4/c11-9-7-5-1-2-6(3-5)8(7)10-13-12-4-15(10)14-9/h4-6H,1-3H2. The van der Waals surface area contributed by atoms with E-state index in [-0.39, 0.29) is 0 Å². The van der Waals surface area contributed by atoms with Gasteiger partial charge in [0.2, 0.25) is 0 Å². The number of aromatic nitrogens is 4. The van der Waals surface area contributed by atoms with E-state index < -0.39 is 0 Å². The van der Waals surface area contributed by atoms with Crippen molar-refractivity contribution in [1.82, 2.24) is 19.8 Å². The van der Waals surface area contributed by atoms with Crippen molar-refractivity contribution >= 4 is 17.2 Å². The zero-order valence-electron chi connectivity index (χ0n) is 8.02. The van der Waals surface area contributed by atoms with Gasteiger partial charge in [-0.15, -0.1) is 10.2 Å². The molecule has 2 aromatic rings. The molecule has 0 spiro atoms. The molecular formula is C10H9ClN4. The molecule has 0 N–H and O–H groups in total.